The number of aliphatic hydroxyl groups is 1. The van der Waals surface area contributed by atoms with Crippen LogP contribution in [0.5, 0.6) is 0 Å². The van der Waals surface area contributed by atoms with Gasteiger partial charge < -0.3 is 16.2 Å². The fourth-order valence-corrected chi connectivity index (χ4v) is 2.48. The molecular formula is C18H33Cl2FN2O. The third-order valence-electron chi connectivity index (χ3n) is 3.95. The molecule has 0 saturated heterocycles. The van der Waals surface area contributed by atoms with Gasteiger partial charge >= 0.3 is 0 Å². The zero-order chi connectivity index (χ0) is 16.5. The van der Waals surface area contributed by atoms with Gasteiger partial charge in [-0.05, 0) is 43.4 Å². The number of benzene rings is 1. The molecule has 4 N–H and O–H groups in total. The Morgan fingerprint density at radius 2 is 1.83 bits per heavy atom. The van der Waals surface area contributed by atoms with Crippen LogP contribution >= 0.6 is 24.8 Å². The molecular weight excluding hydrogens is 350 g/mol. The Morgan fingerprint density at radius 3 is 2.42 bits per heavy atom. The van der Waals surface area contributed by atoms with E-state index >= 15 is 0 Å². The van der Waals surface area contributed by atoms with Gasteiger partial charge in [-0.2, -0.15) is 0 Å². The maximum Gasteiger partial charge on any atom is 0.123 e. The highest BCUT2D eigenvalue weighted by Crippen LogP contribution is 2.09. The molecule has 6 heteroatoms. The summed E-state index contributed by atoms with van der Waals surface area (Å²) in [5, 5.41) is 13.5. The van der Waals surface area contributed by atoms with Gasteiger partial charge in [0.15, 0.2) is 0 Å². The average molecular weight is 383 g/mol. The largest absolute Gasteiger partial charge is 0.390 e. The molecule has 0 fully saturated rings. The van der Waals surface area contributed by atoms with E-state index in [2.05, 4.69) is 26.1 Å². The summed E-state index contributed by atoms with van der Waals surface area (Å²) in [7, 11) is 0. The highest BCUT2D eigenvalue weighted by molar-refractivity contribution is 5.85. The molecule has 142 valence electrons. The third kappa shape index (κ3) is 11.2. The molecule has 1 aromatic rings. The molecule has 1 rings (SSSR count). The summed E-state index contributed by atoms with van der Waals surface area (Å²) < 4.78 is 13.1. The van der Waals surface area contributed by atoms with Crippen LogP contribution in [0.2, 0.25) is 0 Å². The summed E-state index contributed by atoms with van der Waals surface area (Å²) in [5.74, 6) is 0.466. The minimum atomic E-state index is -0.629. The van der Waals surface area contributed by atoms with Crippen LogP contribution < -0.4 is 11.1 Å². The zero-order valence-corrected chi connectivity index (χ0v) is 16.5. The molecule has 24 heavy (non-hydrogen) atoms. The van der Waals surface area contributed by atoms with Crippen molar-refractivity contribution in [2.75, 3.05) is 6.54 Å². The van der Waals surface area contributed by atoms with Crippen molar-refractivity contribution in [1.82, 2.24) is 5.32 Å². The predicted molar refractivity (Wildman–Crippen MR) is 105 cm³/mol. The second-order valence-electron chi connectivity index (χ2n) is 6.70. The molecule has 0 bridgehead atoms. The summed E-state index contributed by atoms with van der Waals surface area (Å²) in [4.78, 5) is 0. The lowest BCUT2D eigenvalue weighted by Crippen LogP contribution is -2.45. The van der Waals surface area contributed by atoms with Crippen molar-refractivity contribution < 1.29 is 9.50 Å². The van der Waals surface area contributed by atoms with Gasteiger partial charge in [0.2, 0.25) is 0 Å². The fourth-order valence-electron chi connectivity index (χ4n) is 2.48. The molecule has 3 nitrogen and oxygen atoms in total. The van der Waals surface area contributed by atoms with E-state index in [9.17, 15) is 9.50 Å². The van der Waals surface area contributed by atoms with Crippen LogP contribution in [-0.4, -0.2) is 29.8 Å². The van der Waals surface area contributed by atoms with Gasteiger partial charge in [0.25, 0.3) is 0 Å². The van der Waals surface area contributed by atoms with Crippen LogP contribution in [-0.2, 0) is 6.42 Å². The Labute approximate surface area is 158 Å². The van der Waals surface area contributed by atoms with Crippen molar-refractivity contribution in [1.29, 1.82) is 0 Å². The van der Waals surface area contributed by atoms with Gasteiger partial charge in [-0.1, -0.05) is 38.8 Å². The monoisotopic (exact) mass is 382 g/mol. The number of hydrogen-bond acceptors (Lipinski definition) is 3. The average Bonchev–Trinajstić information content (AvgIpc) is 2.44. The number of nitrogens with one attached hydrogen (secondary N) is 1. The molecule has 0 aliphatic rings. The summed E-state index contributed by atoms with van der Waals surface area (Å²) in [6.45, 7) is 7.06. The van der Waals surface area contributed by atoms with Crippen LogP contribution in [0.15, 0.2) is 24.3 Å². The second kappa shape index (κ2) is 13.9. The molecule has 0 amide bonds. The van der Waals surface area contributed by atoms with Crippen molar-refractivity contribution in [3.63, 3.8) is 0 Å². The first-order valence-electron chi connectivity index (χ1n) is 8.30. The Balaban J connectivity index is 0. The van der Waals surface area contributed by atoms with E-state index in [4.69, 9.17) is 5.73 Å². The van der Waals surface area contributed by atoms with Gasteiger partial charge in [0.05, 0.1) is 6.10 Å². The lowest BCUT2D eigenvalue weighted by Gasteiger charge is -2.22. The summed E-state index contributed by atoms with van der Waals surface area (Å²) >= 11 is 0. The Kier molecular flexibility index (Phi) is 14.9. The predicted octanol–water partition coefficient (Wildman–Crippen LogP) is 3.70. The van der Waals surface area contributed by atoms with Crippen LogP contribution in [0.1, 0.15) is 45.6 Å². The SMILES string of the molecule is CC(C)CCCC(C)NC[C@@H](O)[C@@H](N)Cc1cccc(F)c1.Cl.Cl. The van der Waals surface area contributed by atoms with E-state index < -0.39 is 12.1 Å². The number of rotatable bonds is 10. The van der Waals surface area contributed by atoms with Crippen LogP contribution in [0, 0.1) is 11.7 Å². The number of aliphatic hydroxyl groups excluding tert-OH is 1. The lowest BCUT2D eigenvalue weighted by molar-refractivity contribution is 0.138. The van der Waals surface area contributed by atoms with E-state index in [1.807, 2.05) is 6.07 Å². The number of nitrogens with two attached hydrogens (primary N) is 1. The second-order valence-corrected chi connectivity index (χ2v) is 6.70. The van der Waals surface area contributed by atoms with Crippen LogP contribution in [0.25, 0.3) is 0 Å². The standard InChI is InChI=1S/C18H31FN2O.2ClH/c1-13(2)6-4-7-14(3)21-12-18(22)17(20)11-15-8-5-9-16(19)10-15;;/h5,8-10,13-14,17-18,21-22H,4,6-7,11-12,20H2,1-3H3;2*1H/t14?,17-,18+;;/m0../s1. The Bertz CT molecular complexity index is 435. The zero-order valence-electron chi connectivity index (χ0n) is 14.9. The minimum absolute atomic E-state index is 0. The Hall–Kier alpha value is -0.390. The molecule has 0 aliphatic heterocycles. The minimum Gasteiger partial charge on any atom is -0.390 e. The highest BCUT2D eigenvalue weighted by atomic mass is 35.5. The van der Waals surface area contributed by atoms with Gasteiger partial charge in [-0.15, -0.1) is 24.8 Å². The van der Waals surface area contributed by atoms with Crippen molar-refractivity contribution in [3.05, 3.63) is 35.6 Å². The van der Waals surface area contributed by atoms with Gasteiger partial charge in [-0.25, -0.2) is 4.39 Å². The van der Waals surface area contributed by atoms with Crippen molar-refractivity contribution in [3.8, 4) is 0 Å². The maximum atomic E-state index is 13.1. The topological polar surface area (TPSA) is 58.3 Å². The van der Waals surface area contributed by atoms with E-state index in [0.717, 1.165) is 17.9 Å². The molecule has 0 aliphatic carbocycles. The third-order valence-corrected chi connectivity index (χ3v) is 3.95. The summed E-state index contributed by atoms with van der Waals surface area (Å²) in [5.41, 5.74) is 6.83. The maximum absolute atomic E-state index is 13.1. The van der Waals surface area contributed by atoms with E-state index in [1.54, 1.807) is 6.07 Å². The quantitative estimate of drug-likeness (QED) is 0.577. The van der Waals surface area contributed by atoms with Crippen molar-refractivity contribution in [2.24, 2.45) is 11.7 Å². The highest BCUT2D eigenvalue weighted by Gasteiger charge is 2.16. The summed E-state index contributed by atoms with van der Waals surface area (Å²) in [6, 6.07) is 6.35. The molecule has 0 saturated carbocycles. The summed E-state index contributed by atoms with van der Waals surface area (Å²) in [6.07, 6.45) is 3.37. The van der Waals surface area contributed by atoms with Gasteiger partial charge in [-0.3, -0.25) is 0 Å². The molecule has 0 radical (unpaired) electrons. The van der Waals surface area contributed by atoms with Crippen molar-refractivity contribution >= 4 is 24.8 Å². The molecule has 1 aromatic carbocycles. The van der Waals surface area contributed by atoms with Crippen molar-refractivity contribution in [2.45, 2.75) is 64.6 Å². The fraction of sp³-hybridized carbons (Fsp3) is 0.667. The molecule has 3 atom stereocenters. The van der Waals surface area contributed by atoms with Crippen LogP contribution in [0.4, 0.5) is 4.39 Å². The van der Waals surface area contributed by atoms with Crippen LogP contribution in [0.3, 0.4) is 0 Å². The van der Waals surface area contributed by atoms with Gasteiger partial charge in [0.1, 0.15) is 5.82 Å². The molecule has 0 spiro atoms. The molecule has 0 aromatic heterocycles. The first-order chi connectivity index (χ1) is 10.4. The van der Waals surface area contributed by atoms with E-state index in [1.165, 1.54) is 25.0 Å². The van der Waals surface area contributed by atoms with Gasteiger partial charge in [0, 0.05) is 18.6 Å². The number of halogens is 3. The van der Waals surface area contributed by atoms with E-state index in [0.29, 0.717) is 19.0 Å². The van der Waals surface area contributed by atoms with E-state index in [-0.39, 0.29) is 30.6 Å². The molecule has 0 heterocycles. The Morgan fingerprint density at radius 1 is 1.17 bits per heavy atom. The molecule has 1 unspecified atom stereocenters. The lowest BCUT2D eigenvalue weighted by atomic mass is 10.0. The first kappa shape index (κ1) is 25.8. The smallest absolute Gasteiger partial charge is 0.123 e. The first-order valence-corrected chi connectivity index (χ1v) is 8.30. The normalized spacial score (nSPS) is 14.5. The number of hydrogen-bond donors (Lipinski definition) is 3.